The molecule has 1 unspecified atom stereocenters. The maximum absolute atomic E-state index is 6.44. The standard InChI is InChI=1S/C13H14Br2IN3/c1-2-5-19-13(11(15)7-18-19)12(17)9-6-8(16)3-4-10(9)14/h3-4,6-7,12H,2,5,17H2,1H3. The van der Waals surface area contributed by atoms with Gasteiger partial charge in [-0.1, -0.05) is 22.9 Å². The van der Waals surface area contributed by atoms with E-state index in [1.807, 2.05) is 16.9 Å². The van der Waals surface area contributed by atoms with Crippen LogP contribution >= 0.6 is 54.5 Å². The van der Waals surface area contributed by atoms with Crippen molar-refractivity contribution >= 4 is 54.5 Å². The quantitative estimate of drug-likeness (QED) is 0.632. The third-order valence-corrected chi connectivity index (χ3v) is 4.86. The van der Waals surface area contributed by atoms with Crippen molar-refractivity contribution in [2.24, 2.45) is 5.73 Å². The first-order valence-electron chi connectivity index (χ1n) is 5.96. The van der Waals surface area contributed by atoms with Gasteiger partial charge in [-0.3, -0.25) is 4.68 Å². The van der Waals surface area contributed by atoms with Gasteiger partial charge in [0.2, 0.25) is 0 Å². The second kappa shape index (κ2) is 6.69. The maximum Gasteiger partial charge on any atom is 0.0746 e. The Hall–Kier alpha value is 0.0800. The predicted octanol–water partition coefficient (Wildman–Crippen LogP) is 4.47. The van der Waals surface area contributed by atoms with E-state index in [1.165, 1.54) is 3.57 Å². The Morgan fingerprint density at radius 2 is 2.11 bits per heavy atom. The molecule has 0 radical (unpaired) electrons. The highest BCUT2D eigenvalue weighted by Gasteiger charge is 2.20. The van der Waals surface area contributed by atoms with E-state index in [1.54, 1.807) is 0 Å². The normalized spacial score (nSPS) is 12.7. The van der Waals surface area contributed by atoms with Gasteiger partial charge in [0.25, 0.3) is 0 Å². The van der Waals surface area contributed by atoms with E-state index in [0.717, 1.165) is 33.2 Å². The highest BCUT2D eigenvalue weighted by Crippen LogP contribution is 2.32. The van der Waals surface area contributed by atoms with Gasteiger partial charge in [-0.05, 0) is 68.7 Å². The molecule has 2 rings (SSSR count). The van der Waals surface area contributed by atoms with Crippen molar-refractivity contribution in [3.05, 3.63) is 48.2 Å². The Labute approximate surface area is 143 Å². The third kappa shape index (κ3) is 3.40. The second-order valence-corrected chi connectivity index (χ2v) is 7.20. The van der Waals surface area contributed by atoms with Crippen LogP contribution < -0.4 is 5.73 Å². The van der Waals surface area contributed by atoms with Crippen LogP contribution in [0.3, 0.4) is 0 Å². The largest absolute Gasteiger partial charge is 0.319 e. The lowest BCUT2D eigenvalue weighted by molar-refractivity contribution is 0.558. The number of rotatable bonds is 4. The number of nitrogens with two attached hydrogens (primary N) is 1. The molecular weight excluding hydrogens is 485 g/mol. The van der Waals surface area contributed by atoms with Gasteiger partial charge in [0.15, 0.2) is 0 Å². The minimum atomic E-state index is -0.201. The first-order chi connectivity index (χ1) is 9.04. The Kier molecular flexibility index (Phi) is 5.45. The summed E-state index contributed by atoms with van der Waals surface area (Å²) in [4.78, 5) is 0. The molecule has 1 aromatic carbocycles. The molecule has 3 nitrogen and oxygen atoms in total. The van der Waals surface area contributed by atoms with E-state index >= 15 is 0 Å². The zero-order chi connectivity index (χ0) is 14.0. The molecule has 0 aliphatic heterocycles. The van der Waals surface area contributed by atoms with Gasteiger partial charge in [-0.25, -0.2) is 0 Å². The smallest absolute Gasteiger partial charge is 0.0746 e. The molecule has 0 spiro atoms. The van der Waals surface area contributed by atoms with Gasteiger partial charge >= 0.3 is 0 Å². The van der Waals surface area contributed by atoms with Crippen molar-refractivity contribution < 1.29 is 0 Å². The topological polar surface area (TPSA) is 43.8 Å². The second-order valence-electron chi connectivity index (χ2n) is 4.24. The zero-order valence-corrected chi connectivity index (χ0v) is 15.7. The van der Waals surface area contributed by atoms with Crippen LogP contribution in [0.5, 0.6) is 0 Å². The summed E-state index contributed by atoms with van der Waals surface area (Å²) in [6.45, 7) is 3.00. The Bertz CT molecular complexity index is 583. The van der Waals surface area contributed by atoms with Crippen molar-refractivity contribution in [2.45, 2.75) is 25.9 Å². The van der Waals surface area contributed by atoms with Crippen LogP contribution in [-0.2, 0) is 6.54 Å². The molecule has 6 heteroatoms. The van der Waals surface area contributed by atoms with E-state index < -0.39 is 0 Å². The van der Waals surface area contributed by atoms with Gasteiger partial charge in [-0.2, -0.15) is 5.10 Å². The highest BCUT2D eigenvalue weighted by atomic mass is 127. The van der Waals surface area contributed by atoms with Crippen LogP contribution in [-0.4, -0.2) is 9.78 Å². The van der Waals surface area contributed by atoms with Gasteiger partial charge < -0.3 is 5.73 Å². The monoisotopic (exact) mass is 497 g/mol. The highest BCUT2D eigenvalue weighted by molar-refractivity contribution is 14.1. The summed E-state index contributed by atoms with van der Waals surface area (Å²) >= 11 is 9.42. The van der Waals surface area contributed by atoms with Crippen LogP contribution in [0.2, 0.25) is 0 Å². The van der Waals surface area contributed by atoms with Gasteiger partial charge in [0.1, 0.15) is 0 Å². The molecule has 0 aliphatic carbocycles. The van der Waals surface area contributed by atoms with Gasteiger partial charge in [-0.15, -0.1) is 0 Å². The fraction of sp³-hybridized carbons (Fsp3) is 0.308. The van der Waals surface area contributed by atoms with E-state index in [2.05, 4.69) is 78.6 Å². The molecule has 102 valence electrons. The number of aromatic nitrogens is 2. The maximum atomic E-state index is 6.44. The van der Waals surface area contributed by atoms with Crippen LogP contribution in [0, 0.1) is 3.57 Å². The lowest BCUT2D eigenvalue weighted by Gasteiger charge is -2.17. The van der Waals surface area contributed by atoms with Crippen molar-refractivity contribution in [1.29, 1.82) is 0 Å². The molecule has 0 aliphatic rings. The molecule has 2 N–H and O–H groups in total. The molecule has 0 saturated carbocycles. The van der Waals surface area contributed by atoms with E-state index in [9.17, 15) is 0 Å². The minimum absolute atomic E-state index is 0.201. The van der Waals surface area contributed by atoms with E-state index in [-0.39, 0.29) is 6.04 Å². The number of hydrogen-bond donors (Lipinski definition) is 1. The number of nitrogens with zero attached hydrogens (tertiary/aromatic N) is 2. The molecular formula is C13H14Br2IN3. The summed E-state index contributed by atoms with van der Waals surface area (Å²) in [6.07, 6.45) is 2.84. The Morgan fingerprint density at radius 1 is 1.37 bits per heavy atom. The molecule has 19 heavy (non-hydrogen) atoms. The summed E-state index contributed by atoms with van der Waals surface area (Å²) in [6, 6.07) is 5.99. The Balaban J connectivity index is 2.46. The predicted molar refractivity (Wildman–Crippen MR) is 93.1 cm³/mol. The summed E-state index contributed by atoms with van der Waals surface area (Å²) in [5.41, 5.74) is 8.53. The SMILES string of the molecule is CCCn1ncc(Br)c1C(N)c1cc(I)ccc1Br. The van der Waals surface area contributed by atoms with Crippen LogP contribution in [0.25, 0.3) is 0 Å². The number of aryl methyl sites for hydroxylation is 1. The number of halogens is 3. The van der Waals surface area contributed by atoms with Gasteiger partial charge in [0, 0.05) is 14.6 Å². The molecule has 0 bridgehead atoms. The average Bonchev–Trinajstić information content (AvgIpc) is 2.73. The van der Waals surface area contributed by atoms with Crippen LogP contribution in [0.4, 0.5) is 0 Å². The first kappa shape index (κ1) is 15.5. The lowest BCUT2D eigenvalue weighted by Crippen LogP contribution is -2.18. The molecule has 1 atom stereocenters. The number of benzene rings is 1. The summed E-state index contributed by atoms with van der Waals surface area (Å²) in [5, 5.41) is 4.38. The van der Waals surface area contributed by atoms with Crippen molar-refractivity contribution in [3.63, 3.8) is 0 Å². The van der Waals surface area contributed by atoms with Crippen molar-refractivity contribution in [2.75, 3.05) is 0 Å². The minimum Gasteiger partial charge on any atom is -0.319 e. The molecule has 0 amide bonds. The third-order valence-electron chi connectivity index (χ3n) is 2.86. The van der Waals surface area contributed by atoms with Crippen LogP contribution in [0.1, 0.15) is 30.6 Å². The fourth-order valence-corrected chi connectivity index (χ4v) is 3.52. The molecule has 2 aromatic rings. The molecule has 0 saturated heterocycles. The average molecular weight is 499 g/mol. The molecule has 1 aromatic heterocycles. The van der Waals surface area contributed by atoms with E-state index in [4.69, 9.17) is 5.73 Å². The molecule has 0 fully saturated rings. The summed E-state index contributed by atoms with van der Waals surface area (Å²) in [5.74, 6) is 0. The van der Waals surface area contributed by atoms with Gasteiger partial charge in [0.05, 0.1) is 22.4 Å². The summed E-state index contributed by atoms with van der Waals surface area (Å²) in [7, 11) is 0. The van der Waals surface area contributed by atoms with Crippen LogP contribution in [0.15, 0.2) is 33.3 Å². The fourth-order valence-electron chi connectivity index (χ4n) is 1.97. The Morgan fingerprint density at radius 3 is 2.79 bits per heavy atom. The zero-order valence-electron chi connectivity index (χ0n) is 10.4. The van der Waals surface area contributed by atoms with Crippen molar-refractivity contribution in [3.8, 4) is 0 Å². The first-order valence-corrected chi connectivity index (χ1v) is 8.62. The summed E-state index contributed by atoms with van der Waals surface area (Å²) < 4.78 is 5.13. The lowest BCUT2D eigenvalue weighted by atomic mass is 10.0. The number of hydrogen-bond acceptors (Lipinski definition) is 2. The van der Waals surface area contributed by atoms with Crippen molar-refractivity contribution in [1.82, 2.24) is 9.78 Å². The van der Waals surface area contributed by atoms with E-state index in [0.29, 0.717) is 0 Å². The molecule has 1 heterocycles.